The van der Waals surface area contributed by atoms with Gasteiger partial charge in [0.15, 0.2) is 6.10 Å². The standard InChI is InChI=1S/C6H9F3O2/c1-4-5(6(7,8)9)11-3-2-10-4/h4-5H,2-3H2,1H3. The Bertz CT molecular complexity index is 134. The third kappa shape index (κ3) is 2.07. The van der Waals surface area contributed by atoms with Crippen LogP contribution in [0.25, 0.3) is 0 Å². The van der Waals surface area contributed by atoms with Gasteiger partial charge in [-0.1, -0.05) is 0 Å². The summed E-state index contributed by atoms with van der Waals surface area (Å²) in [6.45, 7) is 1.62. The molecule has 0 radical (unpaired) electrons. The molecule has 2 atom stereocenters. The van der Waals surface area contributed by atoms with E-state index >= 15 is 0 Å². The molecule has 1 fully saturated rings. The SMILES string of the molecule is CC1OCCOC1C(F)(F)F. The molecule has 1 heterocycles. The second-order valence-corrected chi connectivity index (χ2v) is 2.41. The summed E-state index contributed by atoms with van der Waals surface area (Å²) >= 11 is 0. The number of hydrogen-bond acceptors (Lipinski definition) is 2. The van der Waals surface area contributed by atoms with E-state index in [1.807, 2.05) is 0 Å². The van der Waals surface area contributed by atoms with Gasteiger partial charge in [0.25, 0.3) is 0 Å². The Labute approximate surface area is 62.3 Å². The zero-order valence-corrected chi connectivity index (χ0v) is 6.02. The Hall–Kier alpha value is -0.290. The highest BCUT2D eigenvalue weighted by Gasteiger charge is 2.46. The lowest BCUT2D eigenvalue weighted by atomic mass is 10.2. The van der Waals surface area contributed by atoms with E-state index in [0.717, 1.165) is 0 Å². The Balaban J connectivity index is 2.55. The third-order valence-corrected chi connectivity index (χ3v) is 1.51. The summed E-state index contributed by atoms with van der Waals surface area (Å²) in [4.78, 5) is 0. The van der Waals surface area contributed by atoms with Gasteiger partial charge in [-0.25, -0.2) is 0 Å². The molecule has 2 nitrogen and oxygen atoms in total. The maximum Gasteiger partial charge on any atom is 0.417 e. The summed E-state index contributed by atoms with van der Waals surface area (Å²) in [6.07, 6.45) is -6.94. The van der Waals surface area contributed by atoms with Crippen LogP contribution < -0.4 is 0 Å². The highest BCUT2D eigenvalue weighted by atomic mass is 19.4. The molecular formula is C6H9F3O2. The molecule has 0 saturated carbocycles. The summed E-state index contributed by atoms with van der Waals surface area (Å²) in [5.74, 6) is 0. The Kier molecular flexibility index (Phi) is 2.39. The molecule has 0 aromatic carbocycles. The zero-order chi connectivity index (χ0) is 8.48. The summed E-state index contributed by atoms with van der Waals surface area (Å²) < 4.78 is 45.2. The average Bonchev–Trinajstić information content (AvgIpc) is 1.86. The van der Waals surface area contributed by atoms with Crippen molar-refractivity contribution in [3.8, 4) is 0 Å². The van der Waals surface area contributed by atoms with E-state index in [-0.39, 0.29) is 13.2 Å². The van der Waals surface area contributed by atoms with Gasteiger partial charge in [0.2, 0.25) is 0 Å². The summed E-state index contributed by atoms with van der Waals surface area (Å²) in [5, 5.41) is 0. The normalized spacial score (nSPS) is 33.8. The molecule has 0 N–H and O–H groups in total. The molecule has 1 rings (SSSR count). The minimum Gasteiger partial charge on any atom is -0.373 e. The molecule has 66 valence electrons. The fourth-order valence-corrected chi connectivity index (χ4v) is 0.993. The number of alkyl halides is 3. The number of ether oxygens (including phenoxy) is 2. The van der Waals surface area contributed by atoms with Crippen LogP contribution in [-0.2, 0) is 9.47 Å². The maximum atomic E-state index is 12.0. The van der Waals surface area contributed by atoms with Crippen molar-refractivity contribution in [3.63, 3.8) is 0 Å². The Morgan fingerprint density at radius 3 is 2.09 bits per heavy atom. The van der Waals surface area contributed by atoms with Crippen molar-refractivity contribution in [2.75, 3.05) is 13.2 Å². The predicted molar refractivity (Wildman–Crippen MR) is 31.2 cm³/mol. The predicted octanol–water partition coefficient (Wildman–Crippen LogP) is 1.35. The molecule has 5 heteroatoms. The largest absolute Gasteiger partial charge is 0.417 e. The molecule has 0 aromatic rings. The van der Waals surface area contributed by atoms with Crippen LogP contribution in [0.15, 0.2) is 0 Å². The summed E-state index contributed by atoms with van der Waals surface area (Å²) in [5.41, 5.74) is 0. The number of halogens is 3. The van der Waals surface area contributed by atoms with Crippen LogP contribution in [0.2, 0.25) is 0 Å². The van der Waals surface area contributed by atoms with Crippen LogP contribution in [0.3, 0.4) is 0 Å². The lowest BCUT2D eigenvalue weighted by Crippen LogP contribution is -2.46. The van der Waals surface area contributed by atoms with Crippen molar-refractivity contribution in [2.45, 2.75) is 25.3 Å². The van der Waals surface area contributed by atoms with E-state index in [4.69, 9.17) is 4.74 Å². The first-order valence-corrected chi connectivity index (χ1v) is 3.32. The van der Waals surface area contributed by atoms with Gasteiger partial charge < -0.3 is 9.47 Å². The van der Waals surface area contributed by atoms with E-state index in [1.165, 1.54) is 6.92 Å². The Morgan fingerprint density at radius 2 is 1.73 bits per heavy atom. The van der Waals surface area contributed by atoms with E-state index in [2.05, 4.69) is 4.74 Å². The first kappa shape index (κ1) is 8.80. The lowest BCUT2D eigenvalue weighted by Gasteiger charge is -2.30. The van der Waals surface area contributed by atoms with Crippen molar-refractivity contribution in [1.82, 2.24) is 0 Å². The smallest absolute Gasteiger partial charge is 0.373 e. The van der Waals surface area contributed by atoms with Crippen molar-refractivity contribution < 1.29 is 22.6 Å². The first-order chi connectivity index (χ1) is 5.02. The van der Waals surface area contributed by atoms with Gasteiger partial charge in [0.05, 0.1) is 19.3 Å². The van der Waals surface area contributed by atoms with Gasteiger partial charge in [0.1, 0.15) is 0 Å². The fourth-order valence-electron chi connectivity index (χ4n) is 0.993. The number of rotatable bonds is 0. The van der Waals surface area contributed by atoms with E-state index in [1.54, 1.807) is 0 Å². The third-order valence-electron chi connectivity index (χ3n) is 1.51. The summed E-state index contributed by atoms with van der Waals surface area (Å²) in [7, 11) is 0. The van der Waals surface area contributed by atoms with E-state index in [9.17, 15) is 13.2 Å². The molecular weight excluding hydrogens is 161 g/mol. The van der Waals surface area contributed by atoms with Crippen LogP contribution in [0.4, 0.5) is 13.2 Å². The fraction of sp³-hybridized carbons (Fsp3) is 1.00. The average molecular weight is 170 g/mol. The van der Waals surface area contributed by atoms with Crippen LogP contribution in [-0.4, -0.2) is 31.6 Å². The number of hydrogen-bond donors (Lipinski definition) is 0. The molecule has 0 aliphatic carbocycles. The topological polar surface area (TPSA) is 18.5 Å². The zero-order valence-electron chi connectivity index (χ0n) is 6.02. The van der Waals surface area contributed by atoms with Crippen molar-refractivity contribution in [2.24, 2.45) is 0 Å². The minimum absolute atomic E-state index is 0.0223. The molecule has 1 aliphatic heterocycles. The van der Waals surface area contributed by atoms with Crippen LogP contribution in [0.5, 0.6) is 0 Å². The highest BCUT2D eigenvalue weighted by molar-refractivity contribution is 4.76. The molecule has 1 aliphatic rings. The van der Waals surface area contributed by atoms with Crippen molar-refractivity contribution in [3.05, 3.63) is 0 Å². The van der Waals surface area contributed by atoms with Crippen molar-refractivity contribution in [1.29, 1.82) is 0 Å². The molecule has 2 unspecified atom stereocenters. The van der Waals surface area contributed by atoms with Gasteiger partial charge in [0, 0.05) is 0 Å². The van der Waals surface area contributed by atoms with Crippen LogP contribution >= 0.6 is 0 Å². The first-order valence-electron chi connectivity index (χ1n) is 3.32. The molecule has 0 amide bonds. The van der Waals surface area contributed by atoms with E-state index in [0.29, 0.717) is 0 Å². The quantitative estimate of drug-likeness (QED) is 0.546. The summed E-state index contributed by atoms with van der Waals surface area (Å²) in [6, 6.07) is 0. The monoisotopic (exact) mass is 170 g/mol. The molecule has 1 saturated heterocycles. The van der Waals surface area contributed by atoms with Gasteiger partial charge in [-0.3, -0.25) is 0 Å². The van der Waals surface area contributed by atoms with Gasteiger partial charge >= 0.3 is 6.18 Å². The molecule has 0 spiro atoms. The second kappa shape index (κ2) is 2.98. The van der Waals surface area contributed by atoms with Gasteiger partial charge in [-0.15, -0.1) is 0 Å². The van der Waals surface area contributed by atoms with Crippen molar-refractivity contribution >= 4 is 0 Å². The molecule has 0 bridgehead atoms. The Morgan fingerprint density at radius 1 is 1.18 bits per heavy atom. The van der Waals surface area contributed by atoms with Crippen LogP contribution in [0.1, 0.15) is 6.92 Å². The van der Waals surface area contributed by atoms with Crippen LogP contribution in [0, 0.1) is 0 Å². The van der Waals surface area contributed by atoms with Gasteiger partial charge in [-0.05, 0) is 6.92 Å². The van der Waals surface area contributed by atoms with E-state index < -0.39 is 18.4 Å². The van der Waals surface area contributed by atoms with Gasteiger partial charge in [-0.2, -0.15) is 13.2 Å². The minimum atomic E-state index is -4.31. The second-order valence-electron chi connectivity index (χ2n) is 2.41. The maximum absolute atomic E-state index is 12.0. The highest BCUT2D eigenvalue weighted by Crippen LogP contribution is 2.28. The lowest BCUT2D eigenvalue weighted by molar-refractivity contribution is -0.273. The molecule has 11 heavy (non-hydrogen) atoms. The molecule has 0 aromatic heterocycles.